The number of rotatable bonds is 5. The zero-order valence-electron chi connectivity index (χ0n) is 13.0. The predicted octanol–water partition coefficient (Wildman–Crippen LogP) is 4.46. The average molecular weight is 295 g/mol. The van der Waals surface area contributed by atoms with Gasteiger partial charge in [-0.2, -0.15) is 0 Å². The van der Waals surface area contributed by atoms with Crippen molar-refractivity contribution in [3.05, 3.63) is 28.8 Å². The van der Waals surface area contributed by atoms with Gasteiger partial charge in [-0.1, -0.05) is 31.5 Å². The second-order valence-electron chi connectivity index (χ2n) is 6.09. The second kappa shape index (κ2) is 7.33. The zero-order chi connectivity index (χ0) is 14.5. The molecule has 1 aromatic carbocycles. The van der Waals surface area contributed by atoms with Gasteiger partial charge in [-0.05, 0) is 55.8 Å². The van der Waals surface area contributed by atoms with Crippen molar-refractivity contribution in [2.24, 2.45) is 5.92 Å². The summed E-state index contributed by atoms with van der Waals surface area (Å²) in [6, 6.07) is 7.10. The van der Waals surface area contributed by atoms with E-state index in [1.807, 2.05) is 0 Å². The van der Waals surface area contributed by atoms with Gasteiger partial charge < -0.3 is 10.2 Å². The molecule has 1 aromatic rings. The lowest BCUT2D eigenvalue weighted by atomic mass is 9.86. The molecule has 3 heteroatoms. The van der Waals surface area contributed by atoms with Crippen molar-refractivity contribution in [1.82, 2.24) is 5.32 Å². The summed E-state index contributed by atoms with van der Waals surface area (Å²) < 4.78 is 0. The van der Waals surface area contributed by atoms with Crippen LogP contribution < -0.4 is 10.2 Å². The quantitative estimate of drug-likeness (QED) is 0.862. The van der Waals surface area contributed by atoms with Gasteiger partial charge in [0, 0.05) is 19.6 Å². The summed E-state index contributed by atoms with van der Waals surface area (Å²) in [7, 11) is 2.19. The third kappa shape index (κ3) is 3.89. The fourth-order valence-electron chi connectivity index (χ4n) is 3.04. The number of nitrogens with one attached hydrogen (secondary N) is 1. The fourth-order valence-corrected chi connectivity index (χ4v) is 3.38. The summed E-state index contributed by atoms with van der Waals surface area (Å²) >= 11 is 6.48. The largest absolute Gasteiger partial charge is 0.370 e. The molecule has 0 atom stereocenters. The molecule has 112 valence electrons. The molecule has 0 unspecified atom stereocenters. The van der Waals surface area contributed by atoms with Gasteiger partial charge in [0.1, 0.15) is 0 Å². The minimum Gasteiger partial charge on any atom is -0.370 e. The first-order chi connectivity index (χ1) is 9.61. The van der Waals surface area contributed by atoms with Crippen LogP contribution in [0.5, 0.6) is 0 Å². The molecule has 2 nitrogen and oxygen atoms in total. The molecule has 0 bridgehead atoms. The Bertz CT molecular complexity index is 425. The minimum atomic E-state index is 0.642. The van der Waals surface area contributed by atoms with E-state index < -0.39 is 0 Å². The van der Waals surface area contributed by atoms with Crippen molar-refractivity contribution in [2.45, 2.75) is 52.1 Å². The van der Waals surface area contributed by atoms with Crippen molar-refractivity contribution in [3.8, 4) is 0 Å². The topological polar surface area (TPSA) is 15.3 Å². The van der Waals surface area contributed by atoms with Crippen molar-refractivity contribution >= 4 is 17.3 Å². The first kappa shape index (κ1) is 15.7. The molecule has 0 aromatic heterocycles. The molecule has 0 spiro atoms. The van der Waals surface area contributed by atoms with Crippen LogP contribution in [0.15, 0.2) is 18.2 Å². The van der Waals surface area contributed by atoms with Crippen LogP contribution in [0.3, 0.4) is 0 Å². The molecule has 0 heterocycles. The van der Waals surface area contributed by atoms with Gasteiger partial charge in [0.05, 0.1) is 10.7 Å². The molecule has 1 N–H and O–H groups in total. The highest BCUT2D eigenvalue weighted by molar-refractivity contribution is 6.33. The van der Waals surface area contributed by atoms with Gasteiger partial charge in [0.2, 0.25) is 0 Å². The van der Waals surface area contributed by atoms with Crippen molar-refractivity contribution in [1.29, 1.82) is 0 Å². The van der Waals surface area contributed by atoms with E-state index in [4.69, 9.17) is 11.6 Å². The van der Waals surface area contributed by atoms with Gasteiger partial charge >= 0.3 is 0 Å². The Morgan fingerprint density at radius 2 is 1.95 bits per heavy atom. The van der Waals surface area contributed by atoms with Crippen LogP contribution in [-0.2, 0) is 6.54 Å². The molecule has 1 aliphatic carbocycles. The number of nitrogens with zero attached hydrogens (tertiary/aromatic N) is 1. The number of hydrogen-bond donors (Lipinski definition) is 1. The van der Waals surface area contributed by atoms with E-state index >= 15 is 0 Å². The van der Waals surface area contributed by atoms with E-state index in [0.29, 0.717) is 6.04 Å². The van der Waals surface area contributed by atoms with E-state index in [9.17, 15) is 0 Å². The van der Waals surface area contributed by atoms with Crippen LogP contribution in [0.4, 0.5) is 5.69 Å². The molecular formula is C17H27ClN2. The molecule has 1 fully saturated rings. The van der Waals surface area contributed by atoms with Crippen LogP contribution in [0.1, 0.15) is 45.1 Å². The maximum Gasteiger partial charge on any atom is 0.0642 e. The highest BCUT2D eigenvalue weighted by Crippen LogP contribution is 2.33. The minimum absolute atomic E-state index is 0.642. The normalized spacial score (nSPS) is 22.8. The Labute approximate surface area is 128 Å². The Hall–Kier alpha value is -0.730. The summed E-state index contributed by atoms with van der Waals surface area (Å²) in [6.07, 6.45) is 5.25. The highest BCUT2D eigenvalue weighted by Gasteiger charge is 2.23. The summed E-state index contributed by atoms with van der Waals surface area (Å²) in [4.78, 5) is 2.38. The third-order valence-electron chi connectivity index (χ3n) is 4.50. The lowest BCUT2D eigenvalue weighted by Crippen LogP contribution is -2.35. The molecule has 20 heavy (non-hydrogen) atoms. The summed E-state index contributed by atoms with van der Waals surface area (Å²) in [5.74, 6) is 0.887. The number of hydrogen-bond acceptors (Lipinski definition) is 2. The molecule has 0 saturated heterocycles. The van der Waals surface area contributed by atoms with E-state index in [2.05, 4.69) is 49.3 Å². The molecule has 2 rings (SSSR count). The summed E-state index contributed by atoms with van der Waals surface area (Å²) in [5, 5.41) is 4.21. The molecule has 0 aliphatic heterocycles. The second-order valence-corrected chi connectivity index (χ2v) is 6.50. The third-order valence-corrected chi connectivity index (χ3v) is 4.81. The molecule has 1 saturated carbocycles. The number of anilines is 1. The molecule has 0 amide bonds. The lowest BCUT2D eigenvalue weighted by Gasteiger charge is -2.35. The van der Waals surface area contributed by atoms with Crippen LogP contribution in [0.25, 0.3) is 0 Å². The van der Waals surface area contributed by atoms with Crippen LogP contribution in [0.2, 0.25) is 5.02 Å². The van der Waals surface area contributed by atoms with Gasteiger partial charge in [-0.15, -0.1) is 0 Å². The lowest BCUT2D eigenvalue weighted by molar-refractivity contribution is 0.341. The van der Waals surface area contributed by atoms with E-state index in [1.54, 1.807) is 0 Å². The van der Waals surface area contributed by atoms with Crippen LogP contribution >= 0.6 is 11.6 Å². The fraction of sp³-hybridized carbons (Fsp3) is 0.647. The summed E-state index contributed by atoms with van der Waals surface area (Å²) in [5.41, 5.74) is 2.43. The van der Waals surface area contributed by atoms with Crippen LogP contribution in [-0.4, -0.2) is 19.6 Å². The maximum absolute atomic E-state index is 6.48. The number of benzene rings is 1. The van der Waals surface area contributed by atoms with E-state index in [0.717, 1.165) is 24.0 Å². The summed E-state index contributed by atoms with van der Waals surface area (Å²) in [6.45, 7) is 6.35. The molecule has 0 radical (unpaired) electrons. The van der Waals surface area contributed by atoms with Crippen molar-refractivity contribution < 1.29 is 0 Å². The van der Waals surface area contributed by atoms with Crippen molar-refractivity contribution in [3.63, 3.8) is 0 Å². The SMILES string of the molecule is CCNCc1ccc(N(C)C2CCC(C)CC2)c(Cl)c1. The van der Waals surface area contributed by atoms with Crippen LogP contribution in [0, 0.1) is 5.92 Å². The average Bonchev–Trinajstić information content (AvgIpc) is 2.45. The van der Waals surface area contributed by atoms with Crippen molar-refractivity contribution in [2.75, 3.05) is 18.5 Å². The van der Waals surface area contributed by atoms with Gasteiger partial charge in [-0.3, -0.25) is 0 Å². The molecule has 1 aliphatic rings. The standard InChI is InChI=1S/C17H27ClN2/c1-4-19-12-14-7-10-17(16(18)11-14)20(3)15-8-5-13(2)6-9-15/h7,10-11,13,15,19H,4-6,8-9,12H2,1-3H3. The molecular weight excluding hydrogens is 268 g/mol. The first-order valence-corrected chi connectivity index (χ1v) is 8.21. The predicted molar refractivity (Wildman–Crippen MR) is 88.7 cm³/mol. The first-order valence-electron chi connectivity index (χ1n) is 7.83. The Morgan fingerprint density at radius 1 is 1.25 bits per heavy atom. The van der Waals surface area contributed by atoms with Gasteiger partial charge in [0.25, 0.3) is 0 Å². The van der Waals surface area contributed by atoms with E-state index in [-0.39, 0.29) is 0 Å². The zero-order valence-corrected chi connectivity index (χ0v) is 13.7. The van der Waals surface area contributed by atoms with E-state index in [1.165, 1.54) is 36.9 Å². The van der Waals surface area contributed by atoms with Gasteiger partial charge in [-0.25, -0.2) is 0 Å². The Balaban J connectivity index is 2.04. The maximum atomic E-state index is 6.48. The monoisotopic (exact) mass is 294 g/mol. The number of halogens is 1. The smallest absolute Gasteiger partial charge is 0.0642 e. The van der Waals surface area contributed by atoms with Gasteiger partial charge in [0.15, 0.2) is 0 Å². The Morgan fingerprint density at radius 3 is 2.55 bits per heavy atom. The Kier molecular flexibility index (Phi) is 5.74. The highest BCUT2D eigenvalue weighted by atomic mass is 35.5.